The molecule has 2 rings (SSSR count). The third kappa shape index (κ3) is 5.70. The number of hydrogen-bond donors (Lipinski definition) is 1. The minimum absolute atomic E-state index is 0.00335. The van der Waals surface area contributed by atoms with Crippen molar-refractivity contribution in [3.05, 3.63) is 48.0 Å². The van der Waals surface area contributed by atoms with Crippen LogP contribution in [-0.4, -0.2) is 32.7 Å². The highest BCUT2D eigenvalue weighted by Crippen LogP contribution is 2.30. The molecule has 2 aromatic rings. The number of methoxy groups -OCH3 is 1. The summed E-state index contributed by atoms with van der Waals surface area (Å²) in [4.78, 5) is 11.6. The first kappa shape index (κ1) is 20.7. The van der Waals surface area contributed by atoms with E-state index in [1.165, 1.54) is 18.7 Å². The van der Waals surface area contributed by atoms with Crippen molar-refractivity contribution in [2.24, 2.45) is 0 Å². The van der Waals surface area contributed by atoms with Gasteiger partial charge in [0.15, 0.2) is 18.1 Å². The number of rotatable bonds is 8. The highest BCUT2D eigenvalue weighted by molar-refractivity contribution is 7.85. The predicted octanol–water partition coefficient (Wildman–Crippen LogP) is 3.44. The topological polar surface area (TPSA) is 99.1 Å². The van der Waals surface area contributed by atoms with Gasteiger partial charge in [-0.15, -0.1) is 0 Å². The van der Waals surface area contributed by atoms with Crippen LogP contribution in [0.15, 0.2) is 47.4 Å². The van der Waals surface area contributed by atoms with Crippen LogP contribution in [0.5, 0.6) is 17.2 Å². The van der Waals surface area contributed by atoms with E-state index in [1.807, 2.05) is 12.1 Å². The lowest BCUT2D eigenvalue weighted by molar-refractivity contribution is -0.136. The fourth-order valence-corrected chi connectivity index (χ4v) is 2.81. The molecule has 1 N–H and O–H groups in total. The molecule has 146 valence electrons. The van der Waals surface area contributed by atoms with Gasteiger partial charge in [0.05, 0.1) is 12.0 Å². The zero-order chi connectivity index (χ0) is 20.0. The summed E-state index contributed by atoms with van der Waals surface area (Å²) in [5, 5.41) is 0. The third-order valence-electron chi connectivity index (χ3n) is 4.07. The maximum absolute atomic E-state index is 12.0. The van der Waals surface area contributed by atoms with Crippen LogP contribution in [0.25, 0.3) is 0 Å². The third-order valence-corrected chi connectivity index (χ3v) is 4.92. The van der Waals surface area contributed by atoms with E-state index in [2.05, 4.69) is 13.8 Å². The molecule has 0 aliphatic rings. The Hall–Kier alpha value is -2.58. The highest BCUT2D eigenvalue weighted by atomic mass is 32.2. The quantitative estimate of drug-likeness (QED) is 0.416. The van der Waals surface area contributed by atoms with Gasteiger partial charge < -0.3 is 14.2 Å². The molecule has 0 bridgehead atoms. The van der Waals surface area contributed by atoms with Gasteiger partial charge in [0, 0.05) is 6.07 Å². The molecule has 0 saturated heterocycles. The van der Waals surface area contributed by atoms with Crippen molar-refractivity contribution in [3.63, 3.8) is 0 Å². The first-order chi connectivity index (χ1) is 12.7. The Morgan fingerprint density at radius 2 is 1.78 bits per heavy atom. The molecule has 0 amide bonds. The normalized spacial score (nSPS) is 12.3. The maximum atomic E-state index is 12.0. The molecular weight excluding hydrogens is 372 g/mol. The molecule has 0 saturated carbocycles. The van der Waals surface area contributed by atoms with Crippen LogP contribution in [0.4, 0.5) is 0 Å². The molecule has 0 spiro atoms. The number of carbonyl (C=O) groups excluding carboxylic acids is 1. The summed E-state index contributed by atoms with van der Waals surface area (Å²) in [5.41, 5.74) is 1.19. The van der Waals surface area contributed by atoms with Gasteiger partial charge in [0.2, 0.25) is 0 Å². The zero-order valence-corrected chi connectivity index (χ0v) is 16.2. The Morgan fingerprint density at radius 1 is 1.11 bits per heavy atom. The molecule has 2 aromatic carbocycles. The van der Waals surface area contributed by atoms with Gasteiger partial charge >= 0.3 is 5.97 Å². The van der Waals surface area contributed by atoms with Crippen molar-refractivity contribution in [3.8, 4) is 17.2 Å². The van der Waals surface area contributed by atoms with Crippen molar-refractivity contribution in [2.75, 3.05) is 13.7 Å². The van der Waals surface area contributed by atoms with Gasteiger partial charge in [-0.2, -0.15) is 8.42 Å². The second-order valence-corrected chi connectivity index (χ2v) is 7.35. The van der Waals surface area contributed by atoms with Crippen molar-refractivity contribution >= 4 is 16.1 Å². The number of ether oxygens (including phenoxy) is 3. The average molecular weight is 394 g/mol. The first-order valence-electron chi connectivity index (χ1n) is 8.33. The standard InChI is InChI=1S/C19H22O7S/c1-4-13(2)14-5-7-15(8-6-14)25-12-19(20)26-17-10-9-16(27(21,22)23)11-18(17)24-3/h5-11,13H,4,12H2,1-3H3,(H,21,22,23). The summed E-state index contributed by atoms with van der Waals surface area (Å²) in [7, 11) is -3.10. The molecule has 27 heavy (non-hydrogen) atoms. The lowest BCUT2D eigenvalue weighted by Crippen LogP contribution is -2.18. The van der Waals surface area contributed by atoms with Gasteiger partial charge in [-0.1, -0.05) is 26.0 Å². The van der Waals surface area contributed by atoms with Crippen LogP contribution in [0.3, 0.4) is 0 Å². The van der Waals surface area contributed by atoms with Gasteiger partial charge in [0.1, 0.15) is 5.75 Å². The molecule has 1 unspecified atom stereocenters. The molecule has 0 heterocycles. The van der Waals surface area contributed by atoms with Crippen molar-refractivity contribution in [1.82, 2.24) is 0 Å². The van der Waals surface area contributed by atoms with Gasteiger partial charge in [-0.05, 0) is 42.2 Å². The molecule has 8 heteroatoms. The van der Waals surface area contributed by atoms with E-state index in [1.54, 1.807) is 12.1 Å². The minimum atomic E-state index is -4.38. The molecule has 7 nitrogen and oxygen atoms in total. The summed E-state index contributed by atoms with van der Waals surface area (Å²) in [6.07, 6.45) is 1.03. The van der Waals surface area contributed by atoms with Crippen LogP contribution in [0.2, 0.25) is 0 Å². The summed E-state index contributed by atoms with van der Waals surface area (Å²) < 4.78 is 46.9. The number of hydrogen-bond acceptors (Lipinski definition) is 6. The van der Waals surface area contributed by atoms with Crippen molar-refractivity contribution < 1.29 is 32.0 Å². The minimum Gasteiger partial charge on any atom is -0.493 e. The molecule has 0 aromatic heterocycles. The van der Waals surface area contributed by atoms with Crippen LogP contribution >= 0.6 is 0 Å². The van der Waals surface area contributed by atoms with Crippen LogP contribution in [0.1, 0.15) is 31.7 Å². The Labute approximate surface area is 158 Å². The second kappa shape index (κ2) is 8.88. The maximum Gasteiger partial charge on any atom is 0.349 e. The molecule has 0 fully saturated rings. The number of esters is 1. The molecule has 1 atom stereocenters. The Bertz CT molecular complexity index is 889. The van der Waals surface area contributed by atoms with E-state index in [4.69, 9.17) is 18.8 Å². The van der Waals surface area contributed by atoms with Gasteiger partial charge in [-0.3, -0.25) is 4.55 Å². The lowest BCUT2D eigenvalue weighted by atomic mass is 9.99. The fourth-order valence-electron chi connectivity index (χ4n) is 2.32. The van der Waals surface area contributed by atoms with E-state index in [9.17, 15) is 13.2 Å². The highest BCUT2D eigenvalue weighted by Gasteiger charge is 2.16. The van der Waals surface area contributed by atoms with Crippen LogP contribution in [0, 0.1) is 0 Å². The van der Waals surface area contributed by atoms with E-state index < -0.39 is 16.1 Å². The van der Waals surface area contributed by atoms with Gasteiger partial charge in [-0.25, -0.2) is 4.79 Å². The van der Waals surface area contributed by atoms with E-state index in [-0.39, 0.29) is 23.0 Å². The van der Waals surface area contributed by atoms with Crippen LogP contribution < -0.4 is 14.2 Å². The Kier molecular flexibility index (Phi) is 6.81. The van der Waals surface area contributed by atoms with E-state index in [0.29, 0.717) is 11.7 Å². The largest absolute Gasteiger partial charge is 0.493 e. The van der Waals surface area contributed by atoms with E-state index >= 15 is 0 Å². The number of benzene rings is 2. The molecule has 0 aliphatic carbocycles. The summed E-state index contributed by atoms with van der Waals surface area (Å²) in [5.74, 6) is 0.316. The Morgan fingerprint density at radius 3 is 2.33 bits per heavy atom. The average Bonchev–Trinajstić information content (AvgIpc) is 2.65. The summed E-state index contributed by atoms with van der Waals surface area (Å²) in [6.45, 7) is 3.92. The lowest BCUT2D eigenvalue weighted by Gasteiger charge is -2.12. The second-order valence-electron chi connectivity index (χ2n) is 5.93. The number of carbonyl (C=O) groups is 1. The molecular formula is C19H22O7S. The van der Waals surface area contributed by atoms with Crippen molar-refractivity contribution in [1.29, 1.82) is 0 Å². The summed E-state index contributed by atoms with van der Waals surface area (Å²) >= 11 is 0. The smallest absolute Gasteiger partial charge is 0.349 e. The van der Waals surface area contributed by atoms with Gasteiger partial charge in [0.25, 0.3) is 10.1 Å². The zero-order valence-electron chi connectivity index (χ0n) is 15.3. The monoisotopic (exact) mass is 394 g/mol. The first-order valence-corrected chi connectivity index (χ1v) is 9.77. The van der Waals surface area contributed by atoms with Crippen LogP contribution in [-0.2, 0) is 14.9 Å². The van der Waals surface area contributed by atoms with Crippen molar-refractivity contribution in [2.45, 2.75) is 31.1 Å². The molecule has 0 radical (unpaired) electrons. The SMILES string of the molecule is CCC(C)c1ccc(OCC(=O)Oc2ccc(S(=O)(=O)O)cc2OC)cc1. The Balaban J connectivity index is 1.99. The van der Waals surface area contributed by atoms with E-state index in [0.717, 1.165) is 18.6 Å². The fraction of sp³-hybridized carbons (Fsp3) is 0.316. The summed E-state index contributed by atoms with van der Waals surface area (Å²) in [6, 6.07) is 10.9. The predicted molar refractivity (Wildman–Crippen MR) is 99.1 cm³/mol. The molecule has 0 aliphatic heterocycles.